The maximum absolute atomic E-state index is 11.6. The number of ether oxygens (including phenoxy) is 2. The summed E-state index contributed by atoms with van der Waals surface area (Å²) < 4.78 is 32.7. The van der Waals surface area contributed by atoms with E-state index in [2.05, 4.69) is 5.32 Å². The molecule has 8 heteroatoms. The van der Waals surface area contributed by atoms with Crippen LogP contribution in [-0.4, -0.2) is 34.1 Å². The van der Waals surface area contributed by atoms with Crippen molar-refractivity contribution >= 4 is 31.3 Å². The minimum absolute atomic E-state index is 0.0564. The molecule has 0 radical (unpaired) electrons. The van der Waals surface area contributed by atoms with Crippen LogP contribution in [0.5, 0.6) is 5.75 Å². The molecule has 0 heterocycles. The van der Waals surface area contributed by atoms with Crippen molar-refractivity contribution in [1.29, 1.82) is 0 Å². The average Bonchev–Trinajstić information content (AvgIpc) is 2.34. The summed E-state index contributed by atoms with van der Waals surface area (Å²) in [5.74, 6) is -0.287. The third-order valence-electron chi connectivity index (χ3n) is 2.26. The zero-order valence-electron chi connectivity index (χ0n) is 11.3. The molecule has 0 spiro atoms. The number of anilines is 1. The first-order valence-corrected chi connectivity index (χ1v) is 8.09. The van der Waals surface area contributed by atoms with Crippen LogP contribution in [0.25, 0.3) is 0 Å². The minimum atomic E-state index is -3.90. The molecule has 0 fully saturated rings. The van der Waals surface area contributed by atoms with Crippen LogP contribution in [-0.2, 0) is 18.6 Å². The minimum Gasteiger partial charge on any atom is -0.495 e. The molecule has 20 heavy (non-hydrogen) atoms. The van der Waals surface area contributed by atoms with Gasteiger partial charge in [-0.15, -0.1) is 0 Å². The van der Waals surface area contributed by atoms with Crippen molar-refractivity contribution < 1.29 is 22.7 Å². The topological polar surface area (TPSA) is 81.7 Å². The number of amides is 1. The molecule has 0 saturated carbocycles. The maximum atomic E-state index is 11.6. The predicted octanol–water partition coefficient (Wildman–Crippen LogP) is 1.99. The first kappa shape index (κ1) is 16.7. The van der Waals surface area contributed by atoms with Crippen LogP contribution in [0.3, 0.4) is 0 Å². The highest BCUT2D eigenvalue weighted by atomic mass is 35.7. The molecule has 0 aliphatic heterocycles. The van der Waals surface area contributed by atoms with Crippen LogP contribution in [0, 0.1) is 0 Å². The fraction of sp³-hybridized carbons (Fsp3) is 0.417. The van der Waals surface area contributed by atoms with E-state index in [1.54, 1.807) is 0 Å². The number of benzene rings is 1. The fourth-order valence-electron chi connectivity index (χ4n) is 1.39. The Morgan fingerprint density at radius 3 is 2.55 bits per heavy atom. The summed E-state index contributed by atoms with van der Waals surface area (Å²) in [6.07, 6.45) is -0.0564. The van der Waals surface area contributed by atoms with Gasteiger partial charge in [-0.05, 0) is 26.0 Å². The summed E-state index contributed by atoms with van der Waals surface area (Å²) in [5, 5.41) is 2.57. The predicted molar refractivity (Wildman–Crippen MR) is 75.8 cm³/mol. The second-order valence-electron chi connectivity index (χ2n) is 4.21. The van der Waals surface area contributed by atoms with Crippen molar-refractivity contribution in [2.45, 2.75) is 24.8 Å². The second-order valence-corrected chi connectivity index (χ2v) is 6.75. The van der Waals surface area contributed by atoms with E-state index in [0.29, 0.717) is 5.69 Å². The quantitative estimate of drug-likeness (QED) is 0.810. The van der Waals surface area contributed by atoms with Gasteiger partial charge in [-0.25, -0.2) is 8.42 Å². The molecule has 0 aliphatic rings. The molecule has 0 atom stereocenters. The lowest BCUT2D eigenvalue weighted by atomic mass is 10.3. The summed E-state index contributed by atoms with van der Waals surface area (Å²) >= 11 is 0. The zero-order chi connectivity index (χ0) is 15.3. The molecular formula is C12H16ClNO5S. The van der Waals surface area contributed by atoms with Crippen molar-refractivity contribution in [3.8, 4) is 5.75 Å². The number of carbonyl (C=O) groups is 1. The fourth-order valence-corrected chi connectivity index (χ4v) is 2.38. The highest BCUT2D eigenvalue weighted by molar-refractivity contribution is 8.13. The summed E-state index contributed by atoms with van der Waals surface area (Å²) in [6, 6.07) is 4.06. The third-order valence-corrected chi connectivity index (χ3v) is 3.62. The van der Waals surface area contributed by atoms with Gasteiger partial charge in [-0.3, -0.25) is 4.79 Å². The lowest BCUT2D eigenvalue weighted by Gasteiger charge is -2.11. The molecule has 1 rings (SSSR count). The molecule has 0 saturated heterocycles. The number of nitrogens with one attached hydrogen (secondary N) is 1. The summed E-state index contributed by atoms with van der Waals surface area (Å²) in [5.41, 5.74) is 0.392. The molecule has 0 bridgehead atoms. The molecular weight excluding hydrogens is 306 g/mol. The first-order chi connectivity index (χ1) is 9.24. The molecule has 6 nitrogen and oxygen atoms in total. The Bertz CT molecular complexity index is 586. The third kappa shape index (κ3) is 4.99. The normalized spacial score (nSPS) is 11.4. The van der Waals surface area contributed by atoms with Crippen LogP contribution >= 0.6 is 10.7 Å². The Morgan fingerprint density at radius 2 is 2.05 bits per heavy atom. The molecule has 1 N–H and O–H groups in total. The molecule has 1 aromatic carbocycles. The Hall–Kier alpha value is -1.31. The number of halogens is 1. The van der Waals surface area contributed by atoms with E-state index in [9.17, 15) is 13.2 Å². The van der Waals surface area contributed by atoms with Gasteiger partial charge in [0.25, 0.3) is 9.05 Å². The number of hydrogen-bond donors (Lipinski definition) is 1. The van der Waals surface area contributed by atoms with E-state index in [4.69, 9.17) is 20.2 Å². The van der Waals surface area contributed by atoms with E-state index in [0.717, 1.165) is 0 Å². The molecule has 0 aromatic heterocycles. The molecule has 112 valence electrons. The van der Waals surface area contributed by atoms with Crippen molar-refractivity contribution in [2.75, 3.05) is 19.0 Å². The van der Waals surface area contributed by atoms with Gasteiger partial charge >= 0.3 is 0 Å². The van der Waals surface area contributed by atoms with Crippen LogP contribution in [0.15, 0.2) is 23.1 Å². The van der Waals surface area contributed by atoms with Crippen molar-refractivity contribution in [2.24, 2.45) is 0 Å². The van der Waals surface area contributed by atoms with Crippen LogP contribution < -0.4 is 10.1 Å². The van der Waals surface area contributed by atoms with Gasteiger partial charge < -0.3 is 14.8 Å². The van der Waals surface area contributed by atoms with Crippen molar-refractivity contribution in [3.63, 3.8) is 0 Å². The van der Waals surface area contributed by atoms with Crippen LogP contribution in [0.2, 0.25) is 0 Å². The smallest absolute Gasteiger partial charge is 0.264 e. The maximum Gasteiger partial charge on any atom is 0.264 e. The van der Waals surface area contributed by atoms with Gasteiger partial charge in [0.1, 0.15) is 17.3 Å². The molecule has 1 amide bonds. The van der Waals surface area contributed by atoms with E-state index in [1.807, 2.05) is 13.8 Å². The monoisotopic (exact) mass is 321 g/mol. The van der Waals surface area contributed by atoms with Gasteiger partial charge in [0.15, 0.2) is 0 Å². The molecule has 0 unspecified atom stereocenters. The van der Waals surface area contributed by atoms with E-state index < -0.39 is 9.05 Å². The van der Waals surface area contributed by atoms with Gasteiger partial charge in [0.05, 0.1) is 13.2 Å². The van der Waals surface area contributed by atoms with E-state index >= 15 is 0 Å². The molecule has 0 aliphatic carbocycles. The van der Waals surface area contributed by atoms with E-state index in [1.165, 1.54) is 25.3 Å². The number of hydrogen-bond acceptors (Lipinski definition) is 5. The highest BCUT2D eigenvalue weighted by Crippen LogP contribution is 2.29. The number of rotatable bonds is 6. The van der Waals surface area contributed by atoms with E-state index in [-0.39, 0.29) is 29.3 Å². The van der Waals surface area contributed by atoms with Gasteiger partial charge in [0.2, 0.25) is 5.91 Å². The Balaban J connectivity index is 2.86. The first-order valence-electron chi connectivity index (χ1n) is 5.78. The second kappa shape index (κ2) is 6.92. The highest BCUT2D eigenvalue weighted by Gasteiger charge is 2.17. The average molecular weight is 322 g/mol. The Labute approximate surface area is 122 Å². The van der Waals surface area contributed by atoms with Crippen LogP contribution in [0.1, 0.15) is 13.8 Å². The number of carbonyl (C=O) groups excluding carboxylic acids is 1. The van der Waals surface area contributed by atoms with Crippen molar-refractivity contribution in [1.82, 2.24) is 0 Å². The summed E-state index contributed by atoms with van der Waals surface area (Å²) in [7, 11) is 2.68. The van der Waals surface area contributed by atoms with Gasteiger partial charge in [0, 0.05) is 22.4 Å². The zero-order valence-corrected chi connectivity index (χ0v) is 12.9. The molecule has 1 aromatic rings. The Morgan fingerprint density at radius 1 is 1.40 bits per heavy atom. The van der Waals surface area contributed by atoms with Gasteiger partial charge in [-0.1, -0.05) is 0 Å². The van der Waals surface area contributed by atoms with Crippen LogP contribution in [0.4, 0.5) is 5.69 Å². The number of methoxy groups -OCH3 is 1. The largest absolute Gasteiger partial charge is 0.495 e. The lowest BCUT2D eigenvalue weighted by molar-refractivity contribution is -0.121. The summed E-state index contributed by atoms with van der Waals surface area (Å²) in [6.45, 7) is 3.54. The van der Waals surface area contributed by atoms with Gasteiger partial charge in [-0.2, -0.15) is 0 Å². The SMILES string of the molecule is COc1cc(NC(=O)COC(C)C)ccc1S(=O)(=O)Cl. The standard InChI is InChI=1S/C12H16ClNO5S/c1-8(2)19-7-12(15)14-9-4-5-11(20(13,16)17)10(6-9)18-3/h4-6,8H,7H2,1-3H3,(H,14,15). The van der Waals surface area contributed by atoms with Crippen molar-refractivity contribution in [3.05, 3.63) is 18.2 Å². The summed E-state index contributed by atoms with van der Waals surface area (Å²) in [4.78, 5) is 11.4. The lowest BCUT2D eigenvalue weighted by Crippen LogP contribution is -2.20. The Kier molecular flexibility index (Phi) is 5.79.